The van der Waals surface area contributed by atoms with Crippen LogP contribution in [0, 0.1) is 12.3 Å². The Morgan fingerprint density at radius 2 is 1.75 bits per heavy atom. The van der Waals surface area contributed by atoms with Crippen LogP contribution in [0.4, 0.5) is 23.0 Å². The van der Waals surface area contributed by atoms with Crippen molar-refractivity contribution in [3.8, 4) is 5.75 Å². The Bertz CT molecular complexity index is 383. The van der Waals surface area contributed by atoms with E-state index >= 15 is 0 Å². The predicted molar refractivity (Wildman–Crippen MR) is 52.7 cm³/mol. The molecule has 0 bridgehead atoms. The molecule has 0 heterocycles. The number of hydrogen-bond acceptors (Lipinski definition) is 2. The van der Waals surface area contributed by atoms with Gasteiger partial charge in [-0.05, 0) is 18.6 Å². The first-order valence-electron chi connectivity index (χ1n) is 4.15. The molecule has 0 N–H and O–H groups in total. The van der Waals surface area contributed by atoms with Gasteiger partial charge in [-0.15, -0.1) is 0 Å². The lowest BCUT2D eigenvalue weighted by atomic mass is 10.2. The summed E-state index contributed by atoms with van der Waals surface area (Å²) >= 11 is 0. The van der Waals surface area contributed by atoms with Crippen LogP contribution in [-0.4, -0.2) is 14.4 Å². The maximum atomic E-state index is 9.75. The van der Waals surface area contributed by atoms with Crippen LogP contribution in [0.1, 0.15) is 5.56 Å². The van der Waals surface area contributed by atoms with Crippen LogP contribution in [0.15, 0.2) is 18.2 Å². The molecule has 0 amide bonds. The maximum absolute atomic E-state index is 9.75. The highest BCUT2D eigenvalue weighted by Gasteiger charge is 2.20. The minimum Gasteiger partial charge on any atom is -0.489 e. The SMILES string of the molecule is COc1ccc(C)cc1[N+]#N.F[B-](F)(F)F. The van der Waals surface area contributed by atoms with Gasteiger partial charge < -0.3 is 22.0 Å². The van der Waals surface area contributed by atoms with Gasteiger partial charge in [0.25, 0.3) is 0 Å². The highest BCUT2D eigenvalue weighted by Crippen LogP contribution is 2.27. The molecule has 0 spiro atoms. The van der Waals surface area contributed by atoms with Gasteiger partial charge in [-0.25, -0.2) is 0 Å². The van der Waals surface area contributed by atoms with Crippen molar-refractivity contribution in [3.63, 3.8) is 0 Å². The molecule has 0 saturated carbocycles. The first kappa shape index (κ1) is 14.2. The minimum atomic E-state index is -6.00. The monoisotopic (exact) mass is 236 g/mol. The van der Waals surface area contributed by atoms with E-state index in [1.807, 2.05) is 13.0 Å². The lowest BCUT2D eigenvalue weighted by molar-refractivity contribution is 0.368. The van der Waals surface area contributed by atoms with E-state index in [4.69, 9.17) is 10.1 Å². The van der Waals surface area contributed by atoms with E-state index in [0.29, 0.717) is 11.4 Å². The van der Waals surface area contributed by atoms with E-state index in [0.717, 1.165) is 5.56 Å². The molecule has 0 aliphatic heterocycles. The maximum Gasteiger partial charge on any atom is 0.673 e. The minimum absolute atomic E-state index is 0.465. The molecule has 0 unspecified atom stereocenters. The number of aryl methyl sites for hydroxylation is 1. The summed E-state index contributed by atoms with van der Waals surface area (Å²) in [6.07, 6.45) is 0. The molecule has 88 valence electrons. The molecular formula is C8H9BF4N2O. The second-order valence-electron chi connectivity index (χ2n) is 2.77. The standard InChI is InChI=1S/C8H9N2O.BF4/c1-6-3-4-8(11-2)7(5-6)10-9;2-1(3,4)5/h3-5H,1-2H3;/q+1;-1. The summed E-state index contributed by atoms with van der Waals surface area (Å²) < 4.78 is 43.9. The van der Waals surface area contributed by atoms with Crippen molar-refractivity contribution in [3.05, 3.63) is 28.7 Å². The first-order valence-corrected chi connectivity index (χ1v) is 4.15. The fraction of sp³-hybridized carbons (Fsp3) is 0.250. The number of methoxy groups -OCH3 is 1. The molecule has 1 aromatic rings. The van der Waals surface area contributed by atoms with Crippen molar-refractivity contribution >= 4 is 12.9 Å². The zero-order chi connectivity index (χ0) is 12.8. The molecule has 1 rings (SSSR count). The van der Waals surface area contributed by atoms with Crippen LogP contribution in [0.3, 0.4) is 0 Å². The summed E-state index contributed by atoms with van der Waals surface area (Å²) in [6.45, 7) is 1.92. The van der Waals surface area contributed by atoms with E-state index in [2.05, 4.69) is 4.98 Å². The summed E-state index contributed by atoms with van der Waals surface area (Å²) in [5.41, 5.74) is 1.51. The van der Waals surface area contributed by atoms with Gasteiger partial charge in [0.1, 0.15) is 0 Å². The summed E-state index contributed by atoms with van der Waals surface area (Å²) in [4.78, 5) is 3.08. The highest BCUT2D eigenvalue weighted by atomic mass is 19.5. The molecule has 0 fully saturated rings. The van der Waals surface area contributed by atoms with Crippen LogP contribution >= 0.6 is 0 Å². The largest absolute Gasteiger partial charge is 0.673 e. The van der Waals surface area contributed by atoms with E-state index < -0.39 is 7.25 Å². The summed E-state index contributed by atoms with van der Waals surface area (Å²) in [5, 5.41) is 8.52. The topological polar surface area (TPSA) is 37.4 Å². The Balaban J connectivity index is 0.000000385. The van der Waals surface area contributed by atoms with Crippen molar-refractivity contribution in [2.75, 3.05) is 7.11 Å². The average molecular weight is 236 g/mol. The van der Waals surface area contributed by atoms with E-state index in [1.165, 1.54) is 0 Å². The second-order valence-corrected chi connectivity index (χ2v) is 2.77. The van der Waals surface area contributed by atoms with Crippen molar-refractivity contribution in [2.45, 2.75) is 6.92 Å². The van der Waals surface area contributed by atoms with Crippen LogP contribution in [0.2, 0.25) is 0 Å². The van der Waals surface area contributed by atoms with Gasteiger partial charge >= 0.3 is 12.9 Å². The Labute approximate surface area is 89.8 Å². The average Bonchev–Trinajstić information content (AvgIpc) is 2.15. The first-order chi connectivity index (χ1) is 7.27. The molecule has 1 aromatic carbocycles. The Hall–Kier alpha value is -1.78. The lowest BCUT2D eigenvalue weighted by Gasteiger charge is -1.94. The zero-order valence-electron chi connectivity index (χ0n) is 8.62. The van der Waals surface area contributed by atoms with Gasteiger partial charge in [0.05, 0.1) is 7.11 Å². The van der Waals surface area contributed by atoms with E-state index in [-0.39, 0.29) is 0 Å². The Morgan fingerprint density at radius 1 is 1.25 bits per heavy atom. The van der Waals surface area contributed by atoms with Crippen LogP contribution in [0.25, 0.3) is 4.98 Å². The highest BCUT2D eigenvalue weighted by molar-refractivity contribution is 6.50. The summed E-state index contributed by atoms with van der Waals surface area (Å²) in [7, 11) is -4.46. The summed E-state index contributed by atoms with van der Waals surface area (Å²) in [6, 6.07) is 5.41. The number of rotatable bonds is 1. The van der Waals surface area contributed by atoms with Gasteiger partial charge in [-0.3, -0.25) is 0 Å². The van der Waals surface area contributed by atoms with Crippen molar-refractivity contribution in [1.29, 1.82) is 5.39 Å². The van der Waals surface area contributed by atoms with Crippen LogP contribution in [-0.2, 0) is 0 Å². The third-order valence-corrected chi connectivity index (χ3v) is 1.44. The fourth-order valence-corrected chi connectivity index (χ4v) is 0.878. The Morgan fingerprint density at radius 3 is 2.12 bits per heavy atom. The smallest absolute Gasteiger partial charge is 0.489 e. The molecule has 0 radical (unpaired) electrons. The lowest BCUT2D eigenvalue weighted by Crippen LogP contribution is -2.02. The molecule has 0 aliphatic carbocycles. The number of halogens is 4. The van der Waals surface area contributed by atoms with Crippen LogP contribution in [0.5, 0.6) is 5.75 Å². The van der Waals surface area contributed by atoms with E-state index in [1.54, 1.807) is 19.2 Å². The molecule has 16 heavy (non-hydrogen) atoms. The summed E-state index contributed by atoms with van der Waals surface area (Å²) in [5.74, 6) is 0.582. The number of nitrogens with zero attached hydrogens (tertiary/aromatic N) is 2. The Kier molecular flexibility index (Phi) is 5.29. The van der Waals surface area contributed by atoms with Crippen molar-refractivity contribution < 1.29 is 22.0 Å². The number of hydrogen-bond donors (Lipinski definition) is 0. The zero-order valence-corrected chi connectivity index (χ0v) is 8.62. The van der Waals surface area contributed by atoms with Gasteiger partial charge in [0, 0.05) is 6.07 Å². The predicted octanol–water partition coefficient (Wildman–Crippen LogP) is 3.79. The number of benzene rings is 1. The fourth-order valence-electron chi connectivity index (χ4n) is 0.878. The van der Waals surface area contributed by atoms with Crippen LogP contribution < -0.4 is 4.74 Å². The van der Waals surface area contributed by atoms with Gasteiger partial charge in [-0.2, -0.15) is 0 Å². The van der Waals surface area contributed by atoms with Gasteiger partial charge in [0.2, 0.25) is 11.1 Å². The number of diazo groups is 1. The number of ether oxygens (including phenoxy) is 1. The molecule has 0 aromatic heterocycles. The third-order valence-electron chi connectivity index (χ3n) is 1.44. The molecule has 3 nitrogen and oxygen atoms in total. The molecule has 8 heteroatoms. The third kappa shape index (κ3) is 6.65. The van der Waals surface area contributed by atoms with Crippen molar-refractivity contribution in [1.82, 2.24) is 0 Å². The quantitative estimate of drug-likeness (QED) is 0.422. The second kappa shape index (κ2) is 5.95. The normalized spacial score (nSPS) is 9.81. The molecule has 0 saturated heterocycles. The molecule has 0 atom stereocenters. The van der Waals surface area contributed by atoms with Crippen molar-refractivity contribution in [2.24, 2.45) is 0 Å². The molecule has 0 aliphatic rings. The van der Waals surface area contributed by atoms with Gasteiger partial charge in [0.15, 0.2) is 4.98 Å². The molecular weight excluding hydrogens is 227 g/mol. The van der Waals surface area contributed by atoms with E-state index in [9.17, 15) is 17.3 Å². The van der Waals surface area contributed by atoms with Gasteiger partial charge in [-0.1, -0.05) is 6.07 Å².